The topological polar surface area (TPSA) is 88.4 Å². The molecule has 2 aromatic carbocycles. The highest BCUT2D eigenvalue weighted by molar-refractivity contribution is 5.95. The fourth-order valence-electron chi connectivity index (χ4n) is 2.10. The van der Waals surface area contributed by atoms with E-state index in [1.165, 1.54) is 6.92 Å². The van der Waals surface area contributed by atoms with Crippen LogP contribution < -0.4 is 10.1 Å². The van der Waals surface area contributed by atoms with Gasteiger partial charge >= 0.3 is 5.97 Å². The molecule has 0 heterocycles. The number of rotatable bonds is 8. The third-order valence-electron chi connectivity index (χ3n) is 3.50. The van der Waals surface area contributed by atoms with E-state index in [1.54, 1.807) is 24.3 Å². The summed E-state index contributed by atoms with van der Waals surface area (Å²) in [6.07, 6.45) is -0.243. The van der Waals surface area contributed by atoms with Gasteiger partial charge in [0.2, 0.25) is 0 Å². The molecule has 2 rings (SSSR count). The van der Waals surface area contributed by atoms with E-state index >= 15 is 0 Å². The van der Waals surface area contributed by atoms with Crippen LogP contribution in [0, 0.1) is 11.3 Å². The van der Waals surface area contributed by atoms with Crippen molar-refractivity contribution in [3.8, 4) is 11.8 Å². The minimum absolute atomic E-state index is 0.168. The van der Waals surface area contributed by atoms with E-state index in [2.05, 4.69) is 5.32 Å². The van der Waals surface area contributed by atoms with Crippen molar-refractivity contribution in [1.82, 2.24) is 0 Å². The van der Waals surface area contributed by atoms with Crippen LogP contribution in [0.3, 0.4) is 0 Å². The van der Waals surface area contributed by atoms with Crippen LogP contribution in [-0.4, -0.2) is 24.6 Å². The lowest BCUT2D eigenvalue weighted by Crippen LogP contribution is -2.30. The Morgan fingerprint density at radius 3 is 2.46 bits per heavy atom. The lowest BCUT2D eigenvalue weighted by Gasteiger charge is -2.13. The minimum Gasteiger partial charge on any atom is -0.494 e. The summed E-state index contributed by atoms with van der Waals surface area (Å²) in [7, 11) is 0. The molecule has 0 aliphatic carbocycles. The Bertz CT molecular complexity index is 767. The summed E-state index contributed by atoms with van der Waals surface area (Å²) in [6.45, 7) is 1.91. The van der Waals surface area contributed by atoms with Crippen molar-refractivity contribution in [2.45, 2.75) is 25.9 Å². The number of hydrogen-bond acceptors (Lipinski definition) is 5. The zero-order valence-corrected chi connectivity index (χ0v) is 14.5. The summed E-state index contributed by atoms with van der Waals surface area (Å²) >= 11 is 0. The molecule has 0 saturated heterocycles. The molecular weight excluding hydrogens is 332 g/mol. The molecule has 0 aliphatic rings. The van der Waals surface area contributed by atoms with Gasteiger partial charge in [0.25, 0.3) is 5.91 Å². The van der Waals surface area contributed by atoms with Crippen LogP contribution in [0.4, 0.5) is 5.69 Å². The average molecular weight is 352 g/mol. The molecular formula is C20H20N2O4. The maximum Gasteiger partial charge on any atom is 0.306 e. The smallest absolute Gasteiger partial charge is 0.306 e. The van der Waals surface area contributed by atoms with Gasteiger partial charge in [0.15, 0.2) is 6.10 Å². The Kier molecular flexibility index (Phi) is 7.19. The third kappa shape index (κ3) is 6.29. The molecule has 0 bridgehead atoms. The standard InChI is InChI=1S/C20H20N2O4/c1-15(20(24)22-17-11-9-16(14-21)10-12-17)26-19(23)8-5-13-25-18-6-3-2-4-7-18/h2-4,6-7,9-12,15H,5,8,13H2,1H3,(H,22,24)/t15-/m1/s1. The van der Waals surface area contributed by atoms with Gasteiger partial charge in [-0.25, -0.2) is 0 Å². The average Bonchev–Trinajstić information content (AvgIpc) is 2.66. The number of amides is 1. The van der Waals surface area contributed by atoms with E-state index in [4.69, 9.17) is 14.7 Å². The Morgan fingerprint density at radius 2 is 1.81 bits per heavy atom. The van der Waals surface area contributed by atoms with Crippen molar-refractivity contribution < 1.29 is 19.1 Å². The second kappa shape index (κ2) is 9.84. The molecule has 0 fully saturated rings. The second-order valence-electron chi connectivity index (χ2n) is 5.58. The molecule has 0 aromatic heterocycles. The SMILES string of the molecule is C[C@@H](OC(=O)CCCOc1ccccc1)C(=O)Nc1ccc(C#N)cc1. The second-order valence-corrected chi connectivity index (χ2v) is 5.58. The molecule has 0 unspecified atom stereocenters. The Morgan fingerprint density at radius 1 is 1.12 bits per heavy atom. The normalized spacial score (nSPS) is 11.1. The van der Waals surface area contributed by atoms with Crippen molar-refractivity contribution in [3.63, 3.8) is 0 Å². The zero-order chi connectivity index (χ0) is 18.8. The summed E-state index contributed by atoms with van der Waals surface area (Å²) in [5.74, 6) is -0.135. The Balaban J connectivity index is 1.68. The number of para-hydroxylation sites is 1. The number of nitriles is 1. The first-order chi connectivity index (χ1) is 12.6. The van der Waals surface area contributed by atoms with E-state index in [0.29, 0.717) is 24.3 Å². The molecule has 0 spiro atoms. The molecule has 0 saturated carbocycles. The first-order valence-electron chi connectivity index (χ1n) is 8.27. The minimum atomic E-state index is -0.909. The summed E-state index contributed by atoms with van der Waals surface area (Å²) in [5, 5.41) is 11.4. The first-order valence-corrected chi connectivity index (χ1v) is 8.27. The van der Waals surface area contributed by atoms with Gasteiger partial charge in [0.1, 0.15) is 5.75 Å². The fraction of sp³-hybridized carbons (Fsp3) is 0.250. The van der Waals surface area contributed by atoms with Crippen molar-refractivity contribution in [2.24, 2.45) is 0 Å². The highest BCUT2D eigenvalue weighted by Gasteiger charge is 2.17. The van der Waals surface area contributed by atoms with Gasteiger partial charge in [-0.2, -0.15) is 5.26 Å². The van der Waals surface area contributed by atoms with Crippen molar-refractivity contribution >= 4 is 17.6 Å². The van der Waals surface area contributed by atoms with Gasteiger partial charge < -0.3 is 14.8 Å². The van der Waals surface area contributed by atoms with Crippen molar-refractivity contribution in [2.75, 3.05) is 11.9 Å². The van der Waals surface area contributed by atoms with E-state index < -0.39 is 18.0 Å². The zero-order valence-electron chi connectivity index (χ0n) is 14.5. The van der Waals surface area contributed by atoms with Crippen LogP contribution >= 0.6 is 0 Å². The lowest BCUT2D eigenvalue weighted by atomic mass is 10.2. The molecule has 0 aliphatic heterocycles. The monoisotopic (exact) mass is 352 g/mol. The molecule has 6 heteroatoms. The number of esters is 1. The lowest BCUT2D eigenvalue weighted by molar-refractivity contribution is -0.153. The number of hydrogen-bond donors (Lipinski definition) is 1. The summed E-state index contributed by atoms with van der Waals surface area (Å²) < 4.78 is 10.6. The van der Waals surface area contributed by atoms with Gasteiger partial charge in [-0.1, -0.05) is 18.2 Å². The summed E-state index contributed by atoms with van der Waals surface area (Å²) in [6, 6.07) is 17.8. The predicted octanol–water partition coefficient (Wildman–Crippen LogP) is 3.29. The highest BCUT2D eigenvalue weighted by Crippen LogP contribution is 2.11. The number of anilines is 1. The molecule has 26 heavy (non-hydrogen) atoms. The maximum atomic E-state index is 12.0. The number of ether oxygens (including phenoxy) is 2. The number of benzene rings is 2. The summed E-state index contributed by atoms with van der Waals surface area (Å²) in [5.41, 5.74) is 1.04. The number of nitrogens with one attached hydrogen (secondary N) is 1. The molecule has 0 radical (unpaired) electrons. The molecule has 6 nitrogen and oxygen atoms in total. The summed E-state index contributed by atoms with van der Waals surface area (Å²) in [4.78, 5) is 23.9. The van der Waals surface area contributed by atoms with E-state index in [1.807, 2.05) is 36.4 Å². The highest BCUT2D eigenvalue weighted by atomic mass is 16.5. The van der Waals surface area contributed by atoms with Gasteiger partial charge in [0, 0.05) is 12.1 Å². The number of nitrogens with zero attached hydrogens (tertiary/aromatic N) is 1. The van der Waals surface area contributed by atoms with Crippen molar-refractivity contribution in [3.05, 3.63) is 60.2 Å². The third-order valence-corrected chi connectivity index (χ3v) is 3.50. The van der Waals surface area contributed by atoms with Gasteiger partial charge in [0.05, 0.1) is 18.2 Å². The molecule has 1 N–H and O–H groups in total. The van der Waals surface area contributed by atoms with Crippen LogP contribution in [-0.2, 0) is 14.3 Å². The largest absolute Gasteiger partial charge is 0.494 e. The number of carbonyl (C=O) groups is 2. The molecule has 1 amide bonds. The fourth-order valence-corrected chi connectivity index (χ4v) is 2.10. The van der Waals surface area contributed by atoms with Crippen LogP contribution in [0.2, 0.25) is 0 Å². The number of carbonyl (C=O) groups excluding carboxylic acids is 2. The first kappa shape index (κ1) is 19.0. The van der Waals surface area contributed by atoms with E-state index in [-0.39, 0.29) is 6.42 Å². The van der Waals surface area contributed by atoms with Gasteiger partial charge in [-0.15, -0.1) is 0 Å². The van der Waals surface area contributed by atoms with E-state index in [9.17, 15) is 9.59 Å². The Hall–Kier alpha value is -3.33. The Labute approximate surface area is 152 Å². The molecule has 2 aromatic rings. The molecule has 134 valence electrons. The van der Waals surface area contributed by atoms with Crippen LogP contribution in [0.1, 0.15) is 25.3 Å². The van der Waals surface area contributed by atoms with Gasteiger partial charge in [-0.3, -0.25) is 9.59 Å². The van der Waals surface area contributed by atoms with Gasteiger partial charge in [-0.05, 0) is 49.7 Å². The molecule has 1 atom stereocenters. The quantitative estimate of drug-likeness (QED) is 0.582. The maximum absolute atomic E-state index is 12.0. The predicted molar refractivity (Wildman–Crippen MR) is 96.5 cm³/mol. The van der Waals surface area contributed by atoms with Crippen molar-refractivity contribution in [1.29, 1.82) is 5.26 Å². The van der Waals surface area contributed by atoms with Crippen LogP contribution in [0.5, 0.6) is 5.75 Å². The van der Waals surface area contributed by atoms with E-state index in [0.717, 1.165) is 5.75 Å². The van der Waals surface area contributed by atoms with Crippen LogP contribution in [0.25, 0.3) is 0 Å². The van der Waals surface area contributed by atoms with Crippen LogP contribution in [0.15, 0.2) is 54.6 Å².